The largest absolute Gasteiger partial charge is 0.341 e. The fraction of sp³-hybridized carbons (Fsp3) is 0.950. The average Bonchev–Trinajstić information content (AvgIpc) is 2.53. The summed E-state index contributed by atoms with van der Waals surface area (Å²) in [5.41, 5.74) is 6.41. The highest BCUT2D eigenvalue weighted by Gasteiger charge is 2.41. The van der Waals surface area contributed by atoms with Gasteiger partial charge in [-0.15, -0.1) is 0 Å². The molecule has 2 aliphatic carbocycles. The Balaban J connectivity index is 1.98. The number of amides is 1. The van der Waals surface area contributed by atoms with E-state index in [1.54, 1.807) is 0 Å². The van der Waals surface area contributed by atoms with E-state index in [0.717, 1.165) is 45.6 Å². The molecule has 0 aromatic heterocycles. The lowest BCUT2D eigenvalue weighted by Gasteiger charge is -2.44. The molecule has 140 valence electrons. The third-order valence-corrected chi connectivity index (χ3v) is 6.24. The molecule has 0 aromatic carbocycles. The number of hydrogen-bond acceptors (Lipinski definition) is 3. The van der Waals surface area contributed by atoms with Crippen LogP contribution < -0.4 is 5.73 Å². The SMILES string of the molecule is CCN(CC)CCN(CC(C)C)C(=O)C1CC2CCCC(C1)C2N. The smallest absolute Gasteiger partial charge is 0.225 e. The predicted molar refractivity (Wildman–Crippen MR) is 101 cm³/mol. The second-order valence-corrected chi connectivity index (χ2v) is 8.40. The monoisotopic (exact) mass is 337 g/mol. The van der Waals surface area contributed by atoms with Gasteiger partial charge in [0.15, 0.2) is 0 Å². The fourth-order valence-electron chi connectivity index (χ4n) is 4.78. The van der Waals surface area contributed by atoms with E-state index in [9.17, 15) is 4.79 Å². The van der Waals surface area contributed by atoms with Crippen molar-refractivity contribution in [3.8, 4) is 0 Å². The van der Waals surface area contributed by atoms with E-state index in [-0.39, 0.29) is 5.92 Å². The van der Waals surface area contributed by atoms with Crippen LogP contribution >= 0.6 is 0 Å². The minimum Gasteiger partial charge on any atom is -0.341 e. The summed E-state index contributed by atoms with van der Waals surface area (Å²) in [4.78, 5) is 17.8. The maximum Gasteiger partial charge on any atom is 0.225 e. The first-order valence-corrected chi connectivity index (χ1v) is 10.2. The molecule has 0 heterocycles. The van der Waals surface area contributed by atoms with Gasteiger partial charge in [-0.2, -0.15) is 0 Å². The van der Waals surface area contributed by atoms with Crippen LogP contribution in [0.5, 0.6) is 0 Å². The molecule has 24 heavy (non-hydrogen) atoms. The molecule has 0 saturated heterocycles. The van der Waals surface area contributed by atoms with E-state index in [4.69, 9.17) is 5.73 Å². The molecule has 2 rings (SSSR count). The molecule has 2 unspecified atom stereocenters. The number of fused-ring (bicyclic) bond motifs is 2. The quantitative estimate of drug-likeness (QED) is 0.741. The highest BCUT2D eigenvalue weighted by atomic mass is 16.2. The van der Waals surface area contributed by atoms with E-state index in [0.29, 0.717) is 29.7 Å². The second-order valence-electron chi connectivity index (χ2n) is 8.40. The molecule has 2 aliphatic rings. The zero-order chi connectivity index (χ0) is 17.7. The summed E-state index contributed by atoms with van der Waals surface area (Å²) in [5, 5.41) is 0. The molecule has 4 heteroatoms. The number of carbonyl (C=O) groups is 1. The Morgan fingerprint density at radius 2 is 1.67 bits per heavy atom. The Bertz CT molecular complexity index is 380. The average molecular weight is 338 g/mol. The van der Waals surface area contributed by atoms with Crippen molar-refractivity contribution >= 4 is 5.91 Å². The van der Waals surface area contributed by atoms with E-state index in [1.807, 2.05) is 0 Å². The first-order chi connectivity index (χ1) is 11.5. The fourth-order valence-corrected chi connectivity index (χ4v) is 4.78. The van der Waals surface area contributed by atoms with Gasteiger partial charge in [-0.05, 0) is 56.5 Å². The highest BCUT2D eigenvalue weighted by molar-refractivity contribution is 5.79. The van der Waals surface area contributed by atoms with Gasteiger partial charge in [0.1, 0.15) is 0 Å². The number of nitrogens with zero attached hydrogens (tertiary/aromatic N) is 2. The summed E-state index contributed by atoms with van der Waals surface area (Å²) in [6, 6.07) is 0.344. The van der Waals surface area contributed by atoms with Gasteiger partial charge in [-0.3, -0.25) is 4.79 Å². The lowest BCUT2D eigenvalue weighted by molar-refractivity contribution is -0.139. The van der Waals surface area contributed by atoms with Crippen molar-refractivity contribution < 1.29 is 4.79 Å². The second kappa shape index (κ2) is 9.19. The first kappa shape index (κ1) is 19.7. The lowest BCUT2D eigenvalue weighted by atomic mass is 9.65. The van der Waals surface area contributed by atoms with Crippen LogP contribution in [-0.2, 0) is 4.79 Å². The van der Waals surface area contributed by atoms with Gasteiger partial charge in [0.05, 0.1) is 0 Å². The van der Waals surface area contributed by atoms with Crippen LogP contribution in [0.3, 0.4) is 0 Å². The Morgan fingerprint density at radius 1 is 1.08 bits per heavy atom. The van der Waals surface area contributed by atoms with E-state index < -0.39 is 0 Å². The van der Waals surface area contributed by atoms with Crippen LogP contribution in [0.1, 0.15) is 59.8 Å². The molecule has 2 bridgehead atoms. The third-order valence-electron chi connectivity index (χ3n) is 6.24. The van der Waals surface area contributed by atoms with Crippen LogP contribution in [-0.4, -0.2) is 54.5 Å². The third kappa shape index (κ3) is 4.95. The predicted octanol–water partition coefficient (Wildman–Crippen LogP) is 2.97. The molecule has 0 spiro atoms. The zero-order valence-electron chi connectivity index (χ0n) is 16.3. The molecule has 0 aliphatic heterocycles. The summed E-state index contributed by atoms with van der Waals surface area (Å²) in [7, 11) is 0. The number of rotatable bonds is 8. The topological polar surface area (TPSA) is 49.6 Å². The molecular weight excluding hydrogens is 298 g/mol. The first-order valence-electron chi connectivity index (χ1n) is 10.2. The molecule has 2 saturated carbocycles. The summed E-state index contributed by atoms with van der Waals surface area (Å²) in [6.45, 7) is 13.7. The molecular formula is C20H39N3O. The minimum absolute atomic E-state index is 0.218. The summed E-state index contributed by atoms with van der Waals surface area (Å²) < 4.78 is 0. The van der Waals surface area contributed by atoms with E-state index >= 15 is 0 Å². The minimum atomic E-state index is 0.218. The Labute approximate surface area is 149 Å². The van der Waals surface area contributed by atoms with Crippen molar-refractivity contribution in [3.63, 3.8) is 0 Å². The van der Waals surface area contributed by atoms with Crippen molar-refractivity contribution in [2.75, 3.05) is 32.7 Å². The van der Waals surface area contributed by atoms with E-state index in [2.05, 4.69) is 37.5 Å². The van der Waals surface area contributed by atoms with Gasteiger partial charge in [0.2, 0.25) is 5.91 Å². The Morgan fingerprint density at radius 3 is 2.17 bits per heavy atom. The maximum absolute atomic E-state index is 13.2. The molecule has 4 nitrogen and oxygen atoms in total. The molecule has 0 radical (unpaired) electrons. The maximum atomic E-state index is 13.2. The van der Waals surface area contributed by atoms with Gasteiger partial charge in [0, 0.05) is 31.6 Å². The van der Waals surface area contributed by atoms with E-state index in [1.165, 1.54) is 19.3 Å². The molecule has 0 aromatic rings. The lowest BCUT2D eigenvalue weighted by Crippen LogP contribution is -2.51. The van der Waals surface area contributed by atoms with Crippen molar-refractivity contribution in [2.45, 2.75) is 65.8 Å². The Hall–Kier alpha value is -0.610. The van der Waals surface area contributed by atoms with Crippen LogP contribution in [0.15, 0.2) is 0 Å². The molecule has 2 N–H and O–H groups in total. The Kier molecular flexibility index (Phi) is 7.55. The van der Waals surface area contributed by atoms with Gasteiger partial charge >= 0.3 is 0 Å². The van der Waals surface area contributed by atoms with Crippen LogP contribution in [0, 0.1) is 23.7 Å². The molecule has 2 atom stereocenters. The van der Waals surface area contributed by atoms with Gasteiger partial charge in [-0.1, -0.05) is 34.1 Å². The summed E-state index contributed by atoms with van der Waals surface area (Å²) in [6.07, 6.45) is 5.81. The highest BCUT2D eigenvalue weighted by Crippen LogP contribution is 2.42. The standard InChI is InChI=1S/C20H39N3O/c1-5-22(6-2)10-11-23(14-15(3)4)20(24)18-12-16-8-7-9-17(13-18)19(16)21/h15-19H,5-14,21H2,1-4H3. The van der Waals surface area contributed by atoms with Gasteiger partial charge in [0.25, 0.3) is 0 Å². The van der Waals surface area contributed by atoms with Gasteiger partial charge in [-0.25, -0.2) is 0 Å². The van der Waals surface area contributed by atoms with Crippen molar-refractivity contribution in [1.29, 1.82) is 0 Å². The van der Waals surface area contributed by atoms with Crippen LogP contribution in [0.4, 0.5) is 0 Å². The zero-order valence-corrected chi connectivity index (χ0v) is 16.3. The number of likely N-dealkylation sites (N-methyl/N-ethyl adjacent to an activating group) is 1. The number of nitrogens with two attached hydrogens (primary N) is 1. The molecule has 1 amide bonds. The summed E-state index contributed by atoms with van der Waals surface area (Å²) >= 11 is 0. The van der Waals surface area contributed by atoms with Gasteiger partial charge < -0.3 is 15.5 Å². The summed E-state index contributed by atoms with van der Waals surface area (Å²) in [5.74, 6) is 2.30. The molecule has 2 fully saturated rings. The van der Waals surface area contributed by atoms with Crippen molar-refractivity contribution in [3.05, 3.63) is 0 Å². The van der Waals surface area contributed by atoms with Crippen molar-refractivity contribution in [1.82, 2.24) is 9.80 Å². The normalized spacial score (nSPS) is 30.0. The van der Waals surface area contributed by atoms with Crippen LogP contribution in [0.25, 0.3) is 0 Å². The van der Waals surface area contributed by atoms with Crippen molar-refractivity contribution in [2.24, 2.45) is 29.4 Å². The number of carbonyl (C=O) groups excluding carboxylic acids is 1. The number of hydrogen-bond donors (Lipinski definition) is 1. The van der Waals surface area contributed by atoms with Crippen LogP contribution in [0.2, 0.25) is 0 Å².